The average Bonchev–Trinajstić information content (AvgIpc) is 3.06. The first kappa shape index (κ1) is 19.7. The third-order valence-electron chi connectivity index (χ3n) is 5.41. The Balaban J connectivity index is 1.81. The molecule has 2 heterocycles. The summed E-state index contributed by atoms with van der Waals surface area (Å²) in [6.07, 6.45) is -3.61. The molecule has 1 aliphatic rings. The molecule has 31 heavy (non-hydrogen) atoms. The van der Waals surface area contributed by atoms with Crippen molar-refractivity contribution in [1.29, 1.82) is 0 Å². The van der Waals surface area contributed by atoms with E-state index < -0.39 is 11.9 Å². The van der Waals surface area contributed by atoms with Crippen LogP contribution in [-0.2, 0) is 5.72 Å². The number of benzene rings is 3. The van der Waals surface area contributed by atoms with Crippen LogP contribution in [0.5, 0.6) is 5.88 Å². The predicted molar refractivity (Wildman–Crippen MR) is 116 cm³/mol. The summed E-state index contributed by atoms with van der Waals surface area (Å²) in [5.74, 6) is 0.0661. The number of aromatic nitrogens is 1. The van der Waals surface area contributed by atoms with Gasteiger partial charge in [-0.05, 0) is 24.6 Å². The lowest BCUT2D eigenvalue weighted by Crippen LogP contribution is -2.48. The van der Waals surface area contributed by atoms with Gasteiger partial charge in [0.05, 0.1) is 11.1 Å². The van der Waals surface area contributed by atoms with E-state index in [0.29, 0.717) is 16.1 Å². The van der Waals surface area contributed by atoms with Crippen molar-refractivity contribution in [2.45, 2.75) is 18.8 Å². The molecule has 0 bridgehead atoms. The summed E-state index contributed by atoms with van der Waals surface area (Å²) in [7, 11) is 0. The molecule has 0 radical (unpaired) electrons. The number of halogens is 4. The van der Waals surface area contributed by atoms with Crippen LogP contribution in [0.25, 0.3) is 22.0 Å². The lowest BCUT2D eigenvalue weighted by atomic mass is 10.00. The third-order valence-corrected chi connectivity index (χ3v) is 5.65. The normalized spacial score (nSPS) is 18.1. The molecule has 1 aromatic heterocycles. The number of fused-ring (bicyclic) bond motifs is 3. The van der Waals surface area contributed by atoms with Gasteiger partial charge in [0.25, 0.3) is 0 Å². The van der Waals surface area contributed by atoms with Crippen LogP contribution in [-0.4, -0.2) is 17.1 Å². The van der Waals surface area contributed by atoms with Crippen molar-refractivity contribution in [3.05, 3.63) is 88.9 Å². The molecular weight excluding hydrogens is 425 g/mol. The minimum atomic E-state index is -4.79. The van der Waals surface area contributed by atoms with Gasteiger partial charge in [-0.25, -0.2) is 4.99 Å². The van der Waals surface area contributed by atoms with E-state index in [4.69, 9.17) is 16.3 Å². The summed E-state index contributed by atoms with van der Waals surface area (Å²) in [4.78, 5) is 3.91. The number of aryl methyl sites for hydroxylation is 1. The molecule has 3 nitrogen and oxygen atoms in total. The standard InChI is InChI=1S/C24H16ClF3N2O/c1-15-7-9-17(10-8-15)23(24(26,27)28)29-14-30-20-13-18(25)11-12-19(20)21(22(30)31-23)16-5-3-2-4-6-16/h2-14H,1H3. The highest BCUT2D eigenvalue weighted by molar-refractivity contribution is 6.31. The maximum absolute atomic E-state index is 14.5. The van der Waals surface area contributed by atoms with Crippen LogP contribution < -0.4 is 4.74 Å². The number of hydrogen-bond donors (Lipinski definition) is 0. The summed E-state index contributed by atoms with van der Waals surface area (Å²) in [6, 6.07) is 20.4. The molecule has 0 fully saturated rings. The Morgan fingerprint density at radius 1 is 0.968 bits per heavy atom. The van der Waals surface area contributed by atoms with E-state index in [9.17, 15) is 13.2 Å². The molecule has 0 saturated heterocycles. The summed E-state index contributed by atoms with van der Waals surface area (Å²) in [6.45, 7) is 1.81. The maximum Gasteiger partial charge on any atom is 0.455 e. The van der Waals surface area contributed by atoms with E-state index in [2.05, 4.69) is 4.99 Å². The monoisotopic (exact) mass is 440 g/mol. The highest BCUT2D eigenvalue weighted by atomic mass is 35.5. The summed E-state index contributed by atoms with van der Waals surface area (Å²) in [5.41, 5.74) is -0.189. The molecule has 7 heteroatoms. The minimum Gasteiger partial charge on any atom is -0.436 e. The van der Waals surface area contributed by atoms with Crippen molar-refractivity contribution in [1.82, 2.24) is 4.57 Å². The van der Waals surface area contributed by atoms with Crippen molar-refractivity contribution in [2.24, 2.45) is 4.99 Å². The maximum atomic E-state index is 14.5. The molecule has 1 aliphatic heterocycles. The van der Waals surface area contributed by atoms with E-state index in [1.165, 1.54) is 23.0 Å². The minimum absolute atomic E-state index is 0.0661. The predicted octanol–water partition coefficient (Wildman–Crippen LogP) is 6.95. The fourth-order valence-corrected chi connectivity index (χ4v) is 4.04. The van der Waals surface area contributed by atoms with Crippen LogP contribution in [0.1, 0.15) is 11.1 Å². The summed E-state index contributed by atoms with van der Waals surface area (Å²) >= 11 is 6.18. The number of ether oxygens (including phenoxy) is 1. The molecule has 0 spiro atoms. The molecule has 1 atom stereocenters. The van der Waals surface area contributed by atoms with Gasteiger partial charge in [0.15, 0.2) is 0 Å². The fourth-order valence-electron chi connectivity index (χ4n) is 3.87. The Morgan fingerprint density at radius 3 is 2.35 bits per heavy atom. The second kappa shape index (κ2) is 6.89. The first-order valence-electron chi connectivity index (χ1n) is 9.57. The zero-order valence-electron chi connectivity index (χ0n) is 16.3. The Bertz CT molecular complexity index is 1310. The molecule has 4 aromatic rings. The van der Waals surface area contributed by atoms with Crippen molar-refractivity contribution < 1.29 is 17.9 Å². The number of aliphatic imine (C=N–C) groups is 1. The van der Waals surface area contributed by atoms with Gasteiger partial charge in [-0.1, -0.05) is 77.8 Å². The molecular formula is C24H16ClF3N2O. The van der Waals surface area contributed by atoms with Gasteiger partial charge in [0, 0.05) is 16.0 Å². The van der Waals surface area contributed by atoms with Gasteiger partial charge in [-0.2, -0.15) is 13.2 Å². The Hall–Kier alpha value is -3.25. The first-order valence-corrected chi connectivity index (χ1v) is 9.95. The number of rotatable bonds is 2. The zero-order valence-corrected chi connectivity index (χ0v) is 17.1. The van der Waals surface area contributed by atoms with Gasteiger partial charge in [0.2, 0.25) is 5.88 Å². The second-order valence-corrected chi connectivity index (χ2v) is 7.87. The van der Waals surface area contributed by atoms with Crippen molar-refractivity contribution >= 4 is 28.8 Å². The van der Waals surface area contributed by atoms with Crippen molar-refractivity contribution in [2.75, 3.05) is 0 Å². The van der Waals surface area contributed by atoms with Crippen LogP contribution in [0.3, 0.4) is 0 Å². The van der Waals surface area contributed by atoms with Crippen LogP contribution in [0.2, 0.25) is 5.02 Å². The Morgan fingerprint density at radius 2 is 1.68 bits per heavy atom. The van der Waals surface area contributed by atoms with Crippen molar-refractivity contribution in [3.8, 4) is 17.0 Å². The van der Waals surface area contributed by atoms with Gasteiger partial charge >= 0.3 is 11.9 Å². The molecule has 5 rings (SSSR count). The van der Waals surface area contributed by atoms with Crippen LogP contribution >= 0.6 is 11.6 Å². The lowest BCUT2D eigenvalue weighted by Gasteiger charge is -2.35. The summed E-state index contributed by atoms with van der Waals surface area (Å²) < 4.78 is 50.7. The topological polar surface area (TPSA) is 26.5 Å². The number of alkyl halides is 3. The highest BCUT2D eigenvalue weighted by Gasteiger charge is 2.61. The molecule has 0 saturated carbocycles. The van der Waals surface area contributed by atoms with Gasteiger partial charge in [-0.15, -0.1) is 0 Å². The quantitative estimate of drug-likeness (QED) is 0.331. The smallest absolute Gasteiger partial charge is 0.436 e. The molecule has 3 aromatic carbocycles. The third kappa shape index (κ3) is 3.01. The molecule has 156 valence electrons. The van der Waals surface area contributed by atoms with Crippen LogP contribution in [0, 0.1) is 6.92 Å². The number of hydrogen-bond acceptors (Lipinski definition) is 2. The van der Waals surface area contributed by atoms with Crippen LogP contribution in [0.15, 0.2) is 77.8 Å². The fraction of sp³-hybridized carbons (Fsp3) is 0.125. The van der Waals surface area contributed by atoms with E-state index in [1.54, 1.807) is 30.3 Å². The van der Waals surface area contributed by atoms with Gasteiger partial charge in [-0.3, -0.25) is 4.57 Å². The Kier molecular flexibility index (Phi) is 4.38. The second-order valence-electron chi connectivity index (χ2n) is 7.43. The average molecular weight is 441 g/mol. The molecule has 0 aliphatic carbocycles. The molecule has 1 unspecified atom stereocenters. The summed E-state index contributed by atoms with van der Waals surface area (Å²) in [5, 5.41) is 1.19. The van der Waals surface area contributed by atoms with E-state index in [-0.39, 0.29) is 11.4 Å². The molecule has 0 amide bonds. The SMILES string of the molecule is Cc1ccc(C2(C(F)(F)F)N=Cn3c(c(-c4ccccc4)c4ccc(Cl)cc43)O2)cc1. The van der Waals surface area contributed by atoms with Crippen molar-refractivity contribution in [3.63, 3.8) is 0 Å². The Labute approximate surface area is 181 Å². The molecule has 0 N–H and O–H groups in total. The van der Waals surface area contributed by atoms with Gasteiger partial charge in [0.1, 0.15) is 6.34 Å². The van der Waals surface area contributed by atoms with Gasteiger partial charge < -0.3 is 4.74 Å². The van der Waals surface area contributed by atoms with E-state index >= 15 is 0 Å². The first-order chi connectivity index (χ1) is 14.8. The number of nitrogens with zero attached hydrogens (tertiary/aromatic N) is 2. The van der Waals surface area contributed by atoms with E-state index in [0.717, 1.165) is 16.5 Å². The van der Waals surface area contributed by atoms with E-state index in [1.807, 2.05) is 37.3 Å². The largest absolute Gasteiger partial charge is 0.455 e. The lowest BCUT2D eigenvalue weighted by molar-refractivity contribution is -0.253. The zero-order chi connectivity index (χ0) is 21.8. The van der Waals surface area contributed by atoms with Crippen LogP contribution in [0.4, 0.5) is 13.2 Å². The highest BCUT2D eigenvalue weighted by Crippen LogP contribution is 2.50.